The van der Waals surface area contributed by atoms with Crippen molar-refractivity contribution in [3.63, 3.8) is 0 Å². The first-order valence-electron chi connectivity index (χ1n) is 8.89. The molecule has 1 atom stereocenters. The van der Waals surface area contributed by atoms with E-state index >= 15 is 0 Å². The highest BCUT2D eigenvalue weighted by Crippen LogP contribution is 2.38. The number of nitrogens with zero attached hydrogens (tertiary/aromatic N) is 4. The Morgan fingerprint density at radius 1 is 1.04 bits per heavy atom. The molecular formula is C18H20Cl6N4. The van der Waals surface area contributed by atoms with Crippen molar-refractivity contribution in [3.05, 3.63) is 35.4 Å². The lowest BCUT2D eigenvalue weighted by atomic mass is 10.1. The molecule has 4 nitrogen and oxygen atoms in total. The topological polar surface area (TPSA) is 31.2 Å². The molecule has 0 bridgehead atoms. The van der Waals surface area contributed by atoms with Crippen LogP contribution in [0.25, 0.3) is 0 Å². The third-order valence-corrected chi connectivity index (χ3v) is 6.19. The normalized spacial score (nSPS) is 21.7. The average Bonchev–Trinajstić information content (AvgIpc) is 3.03. The van der Waals surface area contributed by atoms with Gasteiger partial charge in [-0.2, -0.15) is 0 Å². The minimum atomic E-state index is -1.68. The number of aliphatic imine (C=N–C) groups is 2. The number of amidine groups is 2. The Kier molecular flexibility index (Phi) is 7.35. The summed E-state index contributed by atoms with van der Waals surface area (Å²) in [5, 5.41) is 0. The lowest BCUT2D eigenvalue weighted by Gasteiger charge is -2.31. The Hall–Kier alpha value is 0.0600. The van der Waals surface area contributed by atoms with Crippen LogP contribution in [0.1, 0.15) is 30.4 Å². The molecule has 1 saturated heterocycles. The van der Waals surface area contributed by atoms with Gasteiger partial charge in [0.2, 0.25) is 7.59 Å². The largest absolute Gasteiger partial charge is 0.336 e. The number of benzene rings is 1. The van der Waals surface area contributed by atoms with E-state index in [9.17, 15) is 0 Å². The first-order chi connectivity index (χ1) is 13.1. The van der Waals surface area contributed by atoms with Gasteiger partial charge in [0.15, 0.2) is 5.84 Å². The third kappa shape index (κ3) is 5.60. The summed E-state index contributed by atoms with van der Waals surface area (Å²) in [4.78, 5) is 13.4. The van der Waals surface area contributed by atoms with E-state index in [1.807, 2.05) is 12.1 Å². The van der Waals surface area contributed by atoms with Gasteiger partial charge in [-0.15, -0.1) is 0 Å². The first-order valence-corrected chi connectivity index (χ1v) is 11.2. The maximum absolute atomic E-state index is 6.01. The summed E-state index contributed by atoms with van der Waals surface area (Å²) in [7, 11) is 2.16. The highest BCUT2D eigenvalue weighted by molar-refractivity contribution is 6.77. The highest BCUT2D eigenvalue weighted by Gasteiger charge is 2.33. The lowest BCUT2D eigenvalue weighted by molar-refractivity contribution is 0.272. The van der Waals surface area contributed by atoms with Gasteiger partial charge in [-0.3, -0.25) is 0 Å². The van der Waals surface area contributed by atoms with Crippen molar-refractivity contribution in [1.29, 1.82) is 0 Å². The molecular weight excluding hydrogens is 485 g/mol. The van der Waals surface area contributed by atoms with Crippen molar-refractivity contribution in [1.82, 2.24) is 9.80 Å². The van der Waals surface area contributed by atoms with Crippen molar-refractivity contribution < 1.29 is 0 Å². The van der Waals surface area contributed by atoms with Crippen LogP contribution < -0.4 is 0 Å². The second-order valence-corrected chi connectivity index (χ2v) is 11.5. The van der Waals surface area contributed by atoms with Crippen LogP contribution in [0.5, 0.6) is 0 Å². The molecule has 2 heterocycles. The van der Waals surface area contributed by atoms with E-state index < -0.39 is 7.59 Å². The zero-order valence-electron chi connectivity index (χ0n) is 15.2. The number of likely N-dealkylation sites (tertiary alicyclic amines) is 1. The molecule has 1 aromatic rings. The van der Waals surface area contributed by atoms with Crippen LogP contribution in [-0.4, -0.2) is 58.1 Å². The molecule has 0 saturated carbocycles. The molecule has 10 heteroatoms. The van der Waals surface area contributed by atoms with E-state index in [0.29, 0.717) is 24.1 Å². The minimum Gasteiger partial charge on any atom is -0.336 e. The molecule has 28 heavy (non-hydrogen) atoms. The average molecular weight is 505 g/mol. The minimum absolute atomic E-state index is 0.173. The quantitative estimate of drug-likeness (QED) is 0.486. The van der Waals surface area contributed by atoms with E-state index in [4.69, 9.17) is 69.6 Å². The van der Waals surface area contributed by atoms with Crippen molar-refractivity contribution in [2.75, 3.05) is 26.8 Å². The molecule has 0 spiro atoms. The predicted molar refractivity (Wildman–Crippen MR) is 122 cm³/mol. The molecule has 1 unspecified atom stereocenters. The number of hydrogen-bond donors (Lipinski definition) is 0. The molecule has 0 aromatic heterocycles. The standard InChI is InChI=1S/C18H20Cl6N4/c1-27-9-2-3-14(27)8-10-28-11-25-16(18(22,23)24)26-15(28)12-4-6-13(7-5-12)17(19,20)21/h4-7,14H,2-3,8-11H2,1H3. The zero-order valence-corrected chi connectivity index (χ0v) is 19.7. The fourth-order valence-corrected chi connectivity index (χ4v) is 4.14. The molecule has 1 fully saturated rings. The van der Waals surface area contributed by atoms with E-state index in [1.165, 1.54) is 12.8 Å². The van der Waals surface area contributed by atoms with Crippen molar-refractivity contribution >= 4 is 81.3 Å². The SMILES string of the molecule is CN1CCCC1CCN1CN=C(C(Cl)(Cl)Cl)N=C1c1ccc(C(Cl)(Cl)Cl)cc1. The van der Waals surface area contributed by atoms with Gasteiger partial charge in [-0.05, 0) is 32.9 Å². The van der Waals surface area contributed by atoms with Crippen LogP contribution >= 0.6 is 69.6 Å². The lowest BCUT2D eigenvalue weighted by Crippen LogP contribution is -2.40. The Bertz CT molecular complexity index is 751. The second kappa shape index (κ2) is 9.05. The third-order valence-electron chi connectivity index (χ3n) is 5.03. The maximum atomic E-state index is 6.01. The summed E-state index contributed by atoms with van der Waals surface area (Å²) >= 11 is 35.9. The monoisotopic (exact) mass is 502 g/mol. The van der Waals surface area contributed by atoms with Crippen LogP contribution in [0.4, 0.5) is 0 Å². The van der Waals surface area contributed by atoms with Gasteiger partial charge in [0.1, 0.15) is 12.5 Å². The number of halogens is 6. The van der Waals surface area contributed by atoms with Gasteiger partial charge in [-0.1, -0.05) is 93.9 Å². The fraction of sp³-hybridized carbons (Fsp3) is 0.556. The second-order valence-electron chi connectivity index (χ2n) is 6.96. The summed E-state index contributed by atoms with van der Waals surface area (Å²) in [6.45, 7) is 2.32. The smallest absolute Gasteiger partial charge is 0.249 e. The molecule has 0 amide bonds. The molecule has 1 aromatic carbocycles. The Morgan fingerprint density at radius 2 is 1.71 bits per heavy atom. The van der Waals surface area contributed by atoms with Crippen LogP contribution in [0.3, 0.4) is 0 Å². The van der Waals surface area contributed by atoms with Gasteiger partial charge in [-0.25, -0.2) is 9.98 Å². The van der Waals surface area contributed by atoms with E-state index in [2.05, 4.69) is 26.8 Å². The van der Waals surface area contributed by atoms with Crippen molar-refractivity contribution in [3.8, 4) is 0 Å². The summed E-state index contributed by atoms with van der Waals surface area (Å²) in [6.07, 6.45) is 3.45. The van der Waals surface area contributed by atoms with Crippen LogP contribution in [0, 0.1) is 0 Å². The van der Waals surface area contributed by atoms with E-state index in [0.717, 1.165) is 25.1 Å². The maximum Gasteiger partial charge on any atom is 0.249 e. The Balaban J connectivity index is 1.84. The Labute approximate surface area is 195 Å². The highest BCUT2D eigenvalue weighted by atomic mass is 35.6. The van der Waals surface area contributed by atoms with Crippen LogP contribution in [-0.2, 0) is 3.79 Å². The van der Waals surface area contributed by atoms with Gasteiger partial charge >= 0.3 is 0 Å². The van der Waals surface area contributed by atoms with Crippen molar-refractivity contribution in [2.45, 2.75) is 32.9 Å². The summed E-state index contributed by atoms with van der Waals surface area (Å²) in [5.41, 5.74) is 1.42. The molecule has 0 radical (unpaired) electrons. The molecule has 2 aliphatic rings. The van der Waals surface area contributed by atoms with Crippen molar-refractivity contribution in [2.24, 2.45) is 9.98 Å². The molecule has 0 aliphatic carbocycles. The van der Waals surface area contributed by atoms with Crippen LogP contribution in [0.15, 0.2) is 34.3 Å². The van der Waals surface area contributed by atoms with Gasteiger partial charge in [0.25, 0.3) is 0 Å². The molecule has 3 rings (SSSR count). The predicted octanol–water partition coefficient (Wildman–Crippen LogP) is 5.79. The van der Waals surface area contributed by atoms with Crippen LogP contribution in [0.2, 0.25) is 0 Å². The van der Waals surface area contributed by atoms with Gasteiger partial charge in [0, 0.05) is 23.7 Å². The number of hydrogen-bond acceptors (Lipinski definition) is 4. The zero-order chi connectivity index (χ0) is 20.5. The Morgan fingerprint density at radius 3 is 2.25 bits per heavy atom. The fourth-order valence-electron chi connectivity index (χ4n) is 3.46. The first kappa shape index (κ1) is 22.7. The van der Waals surface area contributed by atoms with E-state index in [-0.39, 0.29) is 5.84 Å². The number of alkyl halides is 6. The summed E-state index contributed by atoms with van der Waals surface area (Å²) in [6, 6.07) is 7.79. The number of rotatable bonds is 4. The van der Waals surface area contributed by atoms with Gasteiger partial charge < -0.3 is 9.80 Å². The van der Waals surface area contributed by atoms with Gasteiger partial charge in [0.05, 0.1) is 0 Å². The molecule has 154 valence electrons. The summed E-state index contributed by atoms with van der Waals surface area (Å²) in [5.74, 6) is 0.875. The molecule has 0 N–H and O–H groups in total. The van der Waals surface area contributed by atoms with E-state index in [1.54, 1.807) is 12.1 Å². The molecule has 2 aliphatic heterocycles. The summed E-state index contributed by atoms with van der Waals surface area (Å²) < 4.78 is -3.16.